The van der Waals surface area contributed by atoms with Gasteiger partial charge in [-0.1, -0.05) is 48.5 Å². The summed E-state index contributed by atoms with van der Waals surface area (Å²) in [5, 5.41) is 10.3. The van der Waals surface area contributed by atoms with E-state index in [1.807, 2.05) is 60.7 Å². The lowest BCUT2D eigenvalue weighted by Crippen LogP contribution is -2.36. The zero-order valence-corrected chi connectivity index (χ0v) is 11.5. The average molecular weight is 280 g/mol. The Hall–Kier alpha value is -2.88. The van der Waals surface area contributed by atoms with Crippen LogP contribution in [0.1, 0.15) is 17.4 Å². The number of rotatable bonds is 3. The summed E-state index contributed by atoms with van der Waals surface area (Å²) in [6.07, 6.45) is 0. The third-order valence-corrected chi connectivity index (χ3v) is 3.21. The van der Waals surface area contributed by atoms with Crippen molar-refractivity contribution in [2.45, 2.75) is 6.92 Å². The second kappa shape index (κ2) is 5.25. The highest BCUT2D eigenvalue weighted by Crippen LogP contribution is 2.28. The van der Waals surface area contributed by atoms with Gasteiger partial charge in [0.2, 0.25) is 11.5 Å². The Balaban J connectivity index is 2.24. The topological polar surface area (TPSA) is 54.3 Å². The number of hydrogen-bond donors (Lipinski definition) is 1. The highest BCUT2D eigenvalue weighted by atomic mass is 16.5. The van der Waals surface area contributed by atoms with E-state index in [9.17, 15) is 10.0 Å². The van der Waals surface area contributed by atoms with E-state index >= 15 is 0 Å². The van der Waals surface area contributed by atoms with Crippen LogP contribution in [0.15, 0.2) is 65.1 Å². The van der Waals surface area contributed by atoms with Gasteiger partial charge in [-0.25, -0.2) is 0 Å². The molecule has 1 aromatic heterocycles. The van der Waals surface area contributed by atoms with E-state index < -0.39 is 0 Å². The summed E-state index contributed by atoms with van der Waals surface area (Å²) in [6.45, 7) is 1.40. The molecule has 0 bridgehead atoms. The Morgan fingerprint density at radius 1 is 0.952 bits per heavy atom. The number of nitrogens with zero attached hydrogens (tertiary/aromatic N) is 1. The SMILES string of the molecule is CC(=O)c1c(-c2ccccc2)oc(-c2ccccc2)[n+]1O. The van der Waals surface area contributed by atoms with Crippen molar-refractivity contribution in [3.8, 4) is 22.8 Å². The van der Waals surface area contributed by atoms with Crippen molar-refractivity contribution in [2.75, 3.05) is 0 Å². The van der Waals surface area contributed by atoms with Crippen LogP contribution in [-0.4, -0.2) is 11.0 Å². The molecule has 0 saturated carbocycles. The molecule has 1 heterocycles. The second-order valence-corrected chi connectivity index (χ2v) is 4.68. The van der Waals surface area contributed by atoms with Crippen LogP contribution in [0.4, 0.5) is 0 Å². The van der Waals surface area contributed by atoms with Crippen LogP contribution in [-0.2, 0) is 0 Å². The van der Waals surface area contributed by atoms with Crippen LogP contribution in [0, 0.1) is 0 Å². The summed E-state index contributed by atoms with van der Waals surface area (Å²) in [7, 11) is 0. The van der Waals surface area contributed by atoms with Crippen molar-refractivity contribution in [2.24, 2.45) is 0 Å². The first kappa shape index (κ1) is 13.1. The molecule has 0 spiro atoms. The maximum Gasteiger partial charge on any atom is 0.430 e. The van der Waals surface area contributed by atoms with Crippen molar-refractivity contribution >= 4 is 5.78 Å². The molecule has 1 N–H and O–H groups in total. The summed E-state index contributed by atoms with van der Waals surface area (Å²) >= 11 is 0. The summed E-state index contributed by atoms with van der Waals surface area (Å²) < 4.78 is 6.59. The Bertz CT molecular complexity index is 777. The third-order valence-electron chi connectivity index (χ3n) is 3.21. The number of carbonyl (C=O) groups is 1. The molecule has 0 aliphatic rings. The molecule has 0 atom stereocenters. The molecule has 3 rings (SSSR count). The van der Waals surface area contributed by atoms with E-state index in [0.717, 1.165) is 10.3 Å². The molecular formula is C17H14NO3+. The fourth-order valence-corrected chi connectivity index (χ4v) is 2.24. The Labute approximate surface area is 121 Å². The quantitative estimate of drug-likeness (QED) is 0.455. The van der Waals surface area contributed by atoms with Gasteiger partial charge < -0.3 is 4.42 Å². The zero-order chi connectivity index (χ0) is 14.8. The first-order chi connectivity index (χ1) is 10.2. The van der Waals surface area contributed by atoms with Gasteiger partial charge in [0.15, 0.2) is 0 Å². The lowest BCUT2D eigenvalue weighted by molar-refractivity contribution is -0.898. The van der Waals surface area contributed by atoms with Gasteiger partial charge in [-0.05, 0) is 12.1 Å². The molecule has 4 nitrogen and oxygen atoms in total. The van der Waals surface area contributed by atoms with Crippen molar-refractivity contribution in [1.82, 2.24) is 0 Å². The molecule has 3 aromatic rings. The number of carbonyl (C=O) groups excluding carboxylic acids is 1. The van der Waals surface area contributed by atoms with Crippen LogP contribution >= 0.6 is 0 Å². The zero-order valence-electron chi connectivity index (χ0n) is 11.5. The number of benzene rings is 2. The Kier molecular flexibility index (Phi) is 3.28. The highest BCUT2D eigenvalue weighted by molar-refractivity contribution is 5.96. The average Bonchev–Trinajstić information content (AvgIpc) is 2.87. The van der Waals surface area contributed by atoms with Gasteiger partial charge in [0.1, 0.15) is 0 Å². The van der Waals surface area contributed by atoms with Crippen molar-refractivity contribution in [3.63, 3.8) is 0 Å². The van der Waals surface area contributed by atoms with Gasteiger partial charge in [-0.15, -0.1) is 0 Å². The monoisotopic (exact) mass is 280 g/mol. The van der Waals surface area contributed by atoms with E-state index in [2.05, 4.69) is 0 Å². The van der Waals surface area contributed by atoms with E-state index in [1.165, 1.54) is 6.92 Å². The summed E-state index contributed by atoms with van der Waals surface area (Å²) in [6, 6.07) is 18.4. The van der Waals surface area contributed by atoms with E-state index in [4.69, 9.17) is 4.42 Å². The maximum absolute atomic E-state index is 11.9. The Morgan fingerprint density at radius 2 is 1.48 bits per heavy atom. The molecule has 0 aliphatic carbocycles. The first-order valence-corrected chi connectivity index (χ1v) is 6.58. The fourth-order valence-electron chi connectivity index (χ4n) is 2.24. The molecule has 21 heavy (non-hydrogen) atoms. The number of hydrogen-bond acceptors (Lipinski definition) is 3. The van der Waals surface area contributed by atoms with Gasteiger partial charge in [0.05, 0.1) is 10.3 Å². The van der Waals surface area contributed by atoms with Crippen molar-refractivity contribution < 1.29 is 19.1 Å². The number of oxazole rings is 1. The molecule has 104 valence electrons. The lowest BCUT2D eigenvalue weighted by Gasteiger charge is -1.93. The standard InChI is InChI=1S/C17H14NO3/c1-12(19)15-16(13-8-4-2-5-9-13)21-17(18(15)20)14-10-6-3-7-11-14/h2-11,20H,1H3/q+1. The van der Waals surface area contributed by atoms with Crippen LogP contribution in [0.5, 0.6) is 0 Å². The van der Waals surface area contributed by atoms with Crippen LogP contribution < -0.4 is 4.73 Å². The fraction of sp³-hybridized carbons (Fsp3) is 0.0588. The summed E-state index contributed by atoms with van der Waals surface area (Å²) in [5.74, 6) is 0.339. The van der Waals surface area contributed by atoms with Crippen molar-refractivity contribution in [3.05, 3.63) is 66.4 Å². The largest absolute Gasteiger partial charge is 0.430 e. The van der Waals surface area contributed by atoms with Crippen LogP contribution in [0.2, 0.25) is 0 Å². The summed E-state index contributed by atoms with van der Waals surface area (Å²) in [5.41, 5.74) is 1.58. The molecule has 4 heteroatoms. The minimum Gasteiger partial charge on any atom is -0.393 e. The summed E-state index contributed by atoms with van der Waals surface area (Å²) in [4.78, 5) is 11.9. The molecule has 0 amide bonds. The van der Waals surface area contributed by atoms with Gasteiger partial charge in [-0.3, -0.25) is 10.0 Å². The Morgan fingerprint density at radius 3 is 2.00 bits per heavy atom. The molecule has 0 aliphatic heterocycles. The minimum absolute atomic E-state index is 0.139. The number of ketones is 1. The van der Waals surface area contributed by atoms with Gasteiger partial charge in [0, 0.05) is 12.5 Å². The van der Waals surface area contributed by atoms with Crippen LogP contribution in [0.25, 0.3) is 22.8 Å². The predicted molar refractivity (Wildman–Crippen MR) is 77.0 cm³/mol. The maximum atomic E-state index is 11.9. The van der Waals surface area contributed by atoms with E-state index in [-0.39, 0.29) is 17.4 Å². The molecule has 0 radical (unpaired) electrons. The smallest absolute Gasteiger partial charge is 0.393 e. The van der Waals surface area contributed by atoms with Gasteiger partial charge >= 0.3 is 11.6 Å². The molecular weight excluding hydrogens is 266 g/mol. The van der Waals surface area contributed by atoms with Gasteiger partial charge in [0.25, 0.3) is 0 Å². The molecule has 0 fully saturated rings. The van der Waals surface area contributed by atoms with E-state index in [0.29, 0.717) is 11.3 Å². The molecule has 2 aromatic carbocycles. The highest BCUT2D eigenvalue weighted by Gasteiger charge is 2.34. The van der Waals surface area contributed by atoms with Crippen molar-refractivity contribution in [1.29, 1.82) is 0 Å². The van der Waals surface area contributed by atoms with Crippen LogP contribution in [0.3, 0.4) is 0 Å². The number of aromatic nitrogens is 1. The number of Topliss-reactive ketones (excluding diaryl/α,β-unsaturated/α-hetero) is 1. The predicted octanol–water partition coefficient (Wildman–Crippen LogP) is 3.34. The van der Waals surface area contributed by atoms with Gasteiger partial charge in [-0.2, -0.15) is 0 Å². The lowest BCUT2D eigenvalue weighted by atomic mass is 10.1. The third kappa shape index (κ3) is 2.31. The normalized spacial score (nSPS) is 10.5. The van der Waals surface area contributed by atoms with E-state index in [1.54, 1.807) is 0 Å². The molecule has 0 unspecified atom stereocenters. The molecule has 0 saturated heterocycles. The second-order valence-electron chi connectivity index (χ2n) is 4.68. The first-order valence-electron chi connectivity index (χ1n) is 6.58. The minimum atomic E-state index is -0.262.